The smallest absolute Gasteiger partial charge is 0.311 e. The number of nitrogen functional groups attached to an aromatic ring is 1. The van der Waals surface area contributed by atoms with Gasteiger partial charge < -0.3 is 10.9 Å². The number of nitrogens with zero attached hydrogens (tertiary/aromatic N) is 5. The van der Waals surface area contributed by atoms with Crippen molar-refractivity contribution in [1.29, 1.82) is 0 Å². The molecule has 0 bridgehead atoms. The molecule has 0 fully saturated rings. The van der Waals surface area contributed by atoms with E-state index in [1.165, 1.54) is 30.7 Å². The zero-order valence-corrected chi connectivity index (χ0v) is 9.46. The van der Waals surface area contributed by atoms with E-state index in [0.717, 1.165) is 4.68 Å². The highest BCUT2D eigenvalue weighted by Gasteiger charge is 2.12. The summed E-state index contributed by atoms with van der Waals surface area (Å²) in [5.41, 5.74) is 2.54. The number of phenols is 1. The number of aromatic nitrogens is 3. The van der Waals surface area contributed by atoms with Crippen LogP contribution in [0.1, 0.15) is 5.56 Å². The molecule has 0 amide bonds. The van der Waals surface area contributed by atoms with Crippen LogP contribution in [0.5, 0.6) is 5.75 Å². The predicted molar refractivity (Wildman–Crippen MR) is 66.2 cm³/mol. The molecule has 10 heteroatoms. The molecule has 10 nitrogen and oxygen atoms in total. The summed E-state index contributed by atoms with van der Waals surface area (Å²) in [5, 5.41) is 30.8. The van der Waals surface area contributed by atoms with Crippen molar-refractivity contribution in [3.63, 3.8) is 0 Å². The lowest BCUT2D eigenvalue weighted by Gasteiger charge is -1.99. The summed E-state index contributed by atoms with van der Waals surface area (Å²) in [4.78, 5) is 9.94. The van der Waals surface area contributed by atoms with Crippen LogP contribution < -0.4 is 11.3 Å². The minimum Gasteiger partial charge on any atom is -0.502 e. The Bertz CT molecular complexity index is 636. The standard InChI is InChI=1S/C9H9N7O3/c10-15-5-12-14-9(15)13-11-4-6-1-2-8(17)7(3-6)16(18)19/h1-5,17H,10H2,(H,13,14)/b11-4+. The zero-order valence-electron chi connectivity index (χ0n) is 9.46. The number of aromatic hydroxyl groups is 1. The van der Waals surface area contributed by atoms with Gasteiger partial charge >= 0.3 is 5.69 Å². The zero-order chi connectivity index (χ0) is 13.8. The summed E-state index contributed by atoms with van der Waals surface area (Å²) >= 11 is 0. The molecule has 2 rings (SSSR count). The molecule has 1 aromatic carbocycles. The second-order valence-electron chi connectivity index (χ2n) is 3.44. The number of hydrogen-bond acceptors (Lipinski definition) is 8. The highest BCUT2D eigenvalue weighted by molar-refractivity contribution is 5.81. The van der Waals surface area contributed by atoms with E-state index in [0.29, 0.717) is 5.56 Å². The van der Waals surface area contributed by atoms with Gasteiger partial charge in [0.2, 0.25) is 0 Å². The van der Waals surface area contributed by atoms with Gasteiger partial charge in [-0.25, -0.2) is 10.1 Å². The van der Waals surface area contributed by atoms with E-state index >= 15 is 0 Å². The average Bonchev–Trinajstić information content (AvgIpc) is 2.77. The van der Waals surface area contributed by atoms with Gasteiger partial charge in [-0.3, -0.25) is 10.1 Å². The molecule has 1 heterocycles. The maximum atomic E-state index is 10.6. The van der Waals surface area contributed by atoms with E-state index < -0.39 is 16.4 Å². The molecule has 0 aliphatic carbocycles. The van der Waals surface area contributed by atoms with Gasteiger partial charge in [0.25, 0.3) is 5.95 Å². The first-order valence-electron chi connectivity index (χ1n) is 4.99. The van der Waals surface area contributed by atoms with E-state index in [4.69, 9.17) is 5.84 Å². The Hall–Kier alpha value is -3.17. The third-order valence-electron chi connectivity index (χ3n) is 2.15. The van der Waals surface area contributed by atoms with Crippen LogP contribution in [0.15, 0.2) is 29.6 Å². The molecule has 1 aromatic heterocycles. The number of nitro benzene ring substituents is 1. The molecule has 4 N–H and O–H groups in total. The Balaban J connectivity index is 2.13. The van der Waals surface area contributed by atoms with E-state index in [-0.39, 0.29) is 5.95 Å². The predicted octanol–water partition coefficient (Wildman–Crippen LogP) is 0.0517. The number of nitro groups is 1. The van der Waals surface area contributed by atoms with Gasteiger partial charge in [0.15, 0.2) is 5.75 Å². The molecule has 0 spiro atoms. The van der Waals surface area contributed by atoms with Crippen molar-refractivity contribution >= 4 is 17.9 Å². The number of benzene rings is 1. The van der Waals surface area contributed by atoms with Crippen molar-refractivity contribution in [2.45, 2.75) is 0 Å². The van der Waals surface area contributed by atoms with Gasteiger partial charge in [0, 0.05) is 11.6 Å². The third kappa shape index (κ3) is 2.74. The van der Waals surface area contributed by atoms with Crippen LogP contribution in [0.3, 0.4) is 0 Å². The summed E-state index contributed by atoms with van der Waals surface area (Å²) in [6.45, 7) is 0. The lowest BCUT2D eigenvalue weighted by Crippen LogP contribution is -2.10. The number of rotatable bonds is 4. The summed E-state index contributed by atoms with van der Waals surface area (Å²) in [6.07, 6.45) is 2.60. The summed E-state index contributed by atoms with van der Waals surface area (Å²) in [6, 6.07) is 3.87. The van der Waals surface area contributed by atoms with Crippen molar-refractivity contribution in [1.82, 2.24) is 14.9 Å². The van der Waals surface area contributed by atoms with Crippen molar-refractivity contribution in [2.24, 2.45) is 5.10 Å². The fourth-order valence-corrected chi connectivity index (χ4v) is 1.25. The van der Waals surface area contributed by atoms with Crippen LogP contribution in [-0.4, -0.2) is 31.1 Å². The molecule has 19 heavy (non-hydrogen) atoms. The Morgan fingerprint density at radius 2 is 2.37 bits per heavy atom. The molecular formula is C9H9N7O3. The Labute approximate surface area is 106 Å². The summed E-state index contributed by atoms with van der Waals surface area (Å²) in [7, 11) is 0. The van der Waals surface area contributed by atoms with Gasteiger partial charge in [-0.15, -0.1) is 10.2 Å². The lowest BCUT2D eigenvalue weighted by atomic mass is 10.2. The number of nitrogens with one attached hydrogen (secondary N) is 1. The number of nitrogens with two attached hydrogens (primary N) is 1. The highest BCUT2D eigenvalue weighted by Crippen LogP contribution is 2.25. The normalized spacial score (nSPS) is 10.7. The van der Waals surface area contributed by atoms with Gasteiger partial charge in [0.1, 0.15) is 6.33 Å². The minimum absolute atomic E-state index is 0.213. The van der Waals surface area contributed by atoms with Crippen LogP contribution in [-0.2, 0) is 0 Å². The van der Waals surface area contributed by atoms with Crippen molar-refractivity contribution in [2.75, 3.05) is 11.3 Å². The maximum Gasteiger partial charge on any atom is 0.311 e. The van der Waals surface area contributed by atoms with E-state index in [9.17, 15) is 15.2 Å². The van der Waals surface area contributed by atoms with Gasteiger partial charge in [-0.2, -0.15) is 5.10 Å². The molecular weight excluding hydrogens is 254 g/mol. The quantitative estimate of drug-likeness (QED) is 0.306. The Morgan fingerprint density at radius 1 is 1.58 bits per heavy atom. The molecule has 0 atom stereocenters. The molecule has 0 saturated carbocycles. The molecule has 0 aliphatic rings. The first-order valence-corrected chi connectivity index (χ1v) is 4.99. The fourth-order valence-electron chi connectivity index (χ4n) is 1.25. The molecule has 0 aliphatic heterocycles. The average molecular weight is 263 g/mol. The SMILES string of the molecule is Nn1cnnc1N/N=C/c1ccc(O)c([N+](=O)[O-])c1. The fraction of sp³-hybridized carbons (Fsp3) is 0. The Morgan fingerprint density at radius 3 is 3.00 bits per heavy atom. The van der Waals surface area contributed by atoms with Crippen molar-refractivity contribution in [3.05, 3.63) is 40.2 Å². The van der Waals surface area contributed by atoms with Crippen LogP contribution >= 0.6 is 0 Å². The number of hydrogen-bond donors (Lipinski definition) is 3. The van der Waals surface area contributed by atoms with Crippen LogP contribution in [0.2, 0.25) is 0 Å². The lowest BCUT2D eigenvalue weighted by molar-refractivity contribution is -0.385. The molecule has 98 valence electrons. The van der Waals surface area contributed by atoms with E-state index in [2.05, 4.69) is 20.7 Å². The minimum atomic E-state index is -0.684. The number of anilines is 1. The van der Waals surface area contributed by atoms with Crippen LogP contribution in [0.4, 0.5) is 11.6 Å². The third-order valence-corrected chi connectivity index (χ3v) is 2.15. The van der Waals surface area contributed by atoms with Gasteiger partial charge in [0.05, 0.1) is 11.1 Å². The first-order chi connectivity index (χ1) is 9.08. The monoisotopic (exact) mass is 263 g/mol. The number of hydrazone groups is 1. The van der Waals surface area contributed by atoms with E-state index in [1.54, 1.807) is 0 Å². The molecule has 0 radical (unpaired) electrons. The summed E-state index contributed by atoms with van der Waals surface area (Å²) in [5.74, 6) is 5.24. The molecule has 0 unspecified atom stereocenters. The van der Waals surface area contributed by atoms with Gasteiger partial charge in [-0.05, 0) is 12.1 Å². The first kappa shape index (κ1) is 12.3. The second-order valence-corrected chi connectivity index (χ2v) is 3.44. The van der Waals surface area contributed by atoms with E-state index in [1.807, 2.05) is 0 Å². The van der Waals surface area contributed by atoms with Crippen LogP contribution in [0.25, 0.3) is 0 Å². The van der Waals surface area contributed by atoms with Crippen molar-refractivity contribution < 1.29 is 10.0 Å². The highest BCUT2D eigenvalue weighted by atomic mass is 16.6. The number of phenolic OH excluding ortho intramolecular Hbond substituents is 1. The molecule has 0 saturated heterocycles. The topological polar surface area (TPSA) is 144 Å². The van der Waals surface area contributed by atoms with Gasteiger partial charge in [-0.1, -0.05) is 0 Å². The largest absolute Gasteiger partial charge is 0.502 e. The maximum absolute atomic E-state index is 10.6. The second kappa shape index (κ2) is 5.00. The summed E-state index contributed by atoms with van der Waals surface area (Å²) < 4.78 is 1.12. The Kier molecular flexibility index (Phi) is 3.23. The van der Waals surface area contributed by atoms with Crippen LogP contribution in [0, 0.1) is 10.1 Å². The van der Waals surface area contributed by atoms with Crippen molar-refractivity contribution in [3.8, 4) is 5.75 Å². The molecule has 2 aromatic rings.